The lowest BCUT2D eigenvalue weighted by atomic mass is 10.1. The van der Waals surface area contributed by atoms with E-state index < -0.39 is 21.7 Å². The van der Waals surface area contributed by atoms with E-state index in [1.807, 2.05) is 0 Å². The second-order valence-electron chi connectivity index (χ2n) is 4.70. The molecule has 1 aromatic rings. The van der Waals surface area contributed by atoms with Crippen LogP contribution in [-0.2, 0) is 14.8 Å². The SMILES string of the molecule is CC(=O)NC1CCCN(S(=O)(=O)c2scnc2C(=O)O)C1. The zero-order valence-electron chi connectivity index (χ0n) is 11.3. The largest absolute Gasteiger partial charge is 0.476 e. The Labute approximate surface area is 125 Å². The fourth-order valence-corrected chi connectivity index (χ4v) is 5.05. The summed E-state index contributed by atoms with van der Waals surface area (Å²) in [4.78, 5) is 25.7. The Bertz CT molecular complexity index is 655. The smallest absolute Gasteiger partial charge is 0.356 e. The van der Waals surface area contributed by atoms with Crippen LogP contribution >= 0.6 is 11.3 Å². The minimum atomic E-state index is -3.91. The highest BCUT2D eigenvalue weighted by Gasteiger charge is 2.35. The van der Waals surface area contributed by atoms with E-state index in [9.17, 15) is 18.0 Å². The Kier molecular flexibility index (Phi) is 4.59. The third-order valence-electron chi connectivity index (χ3n) is 3.10. The highest BCUT2D eigenvalue weighted by molar-refractivity contribution is 7.91. The summed E-state index contributed by atoms with van der Waals surface area (Å²) in [5.41, 5.74) is 0.743. The molecule has 10 heteroatoms. The van der Waals surface area contributed by atoms with Crippen molar-refractivity contribution in [2.75, 3.05) is 13.1 Å². The summed E-state index contributed by atoms with van der Waals surface area (Å²) in [7, 11) is -3.91. The van der Waals surface area contributed by atoms with Crippen molar-refractivity contribution in [2.45, 2.75) is 30.0 Å². The summed E-state index contributed by atoms with van der Waals surface area (Å²) < 4.78 is 26.0. The van der Waals surface area contributed by atoms with Crippen LogP contribution in [0.25, 0.3) is 0 Å². The molecule has 1 aliphatic heterocycles. The van der Waals surface area contributed by atoms with Crippen molar-refractivity contribution in [1.82, 2.24) is 14.6 Å². The van der Waals surface area contributed by atoms with Crippen LogP contribution in [0.5, 0.6) is 0 Å². The molecule has 116 valence electrons. The van der Waals surface area contributed by atoms with Gasteiger partial charge in [-0.25, -0.2) is 18.2 Å². The summed E-state index contributed by atoms with van der Waals surface area (Å²) >= 11 is 0.785. The monoisotopic (exact) mass is 333 g/mol. The Morgan fingerprint density at radius 2 is 2.24 bits per heavy atom. The summed E-state index contributed by atoms with van der Waals surface area (Å²) in [5, 5.41) is 11.7. The molecule has 8 nitrogen and oxygen atoms in total. The molecular formula is C11H15N3O5S2. The van der Waals surface area contributed by atoms with Crippen molar-refractivity contribution in [3.05, 3.63) is 11.2 Å². The van der Waals surface area contributed by atoms with Crippen LogP contribution in [0, 0.1) is 0 Å². The van der Waals surface area contributed by atoms with Gasteiger partial charge in [-0.3, -0.25) is 4.79 Å². The van der Waals surface area contributed by atoms with Gasteiger partial charge in [0.1, 0.15) is 0 Å². The van der Waals surface area contributed by atoms with E-state index in [2.05, 4.69) is 10.3 Å². The zero-order chi connectivity index (χ0) is 15.6. The Morgan fingerprint density at radius 1 is 1.52 bits per heavy atom. The molecular weight excluding hydrogens is 318 g/mol. The predicted octanol–water partition coefficient (Wildman–Crippen LogP) is 0.131. The summed E-state index contributed by atoms with van der Waals surface area (Å²) in [6.07, 6.45) is 1.30. The first kappa shape index (κ1) is 15.9. The molecule has 0 aromatic carbocycles. The van der Waals surface area contributed by atoms with Gasteiger partial charge in [-0.05, 0) is 12.8 Å². The van der Waals surface area contributed by atoms with Gasteiger partial charge in [-0.1, -0.05) is 0 Å². The molecule has 2 N–H and O–H groups in total. The van der Waals surface area contributed by atoms with Gasteiger partial charge in [0.15, 0.2) is 9.90 Å². The number of rotatable bonds is 4. The van der Waals surface area contributed by atoms with Crippen molar-refractivity contribution < 1.29 is 23.1 Å². The standard InChI is InChI=1S/C11H15N3O5S2/c1-7(15)13-8-3-2-4-14(5-8)21(18,19)11-9(10(16)17)12-6-20-11/h6,8H,2-5H2,1H3,(H,13,15)(H,16,17). The Balaban J connectivity index is 2.24. The number of sulfonamides is 1. The molecule has 1 atom stereocenters. The first-order chi connectivity index (χ1) is 9.82. The minimum Gasteiger partial charge on any atom is -0.476 e. The second kappa shape index (κ2) is 6.08. The number of carbonyl (C=O) groups excluding carboxylic acids is 1. The Hall–Kier alpha value is -1.52. The topological polar surface area (TPSA) is 117 Å². The molecule has 1 amide bonds. The zero-order valence-corrected chi connectivity index (χ0v) is 12.9. The molecule has 1 aliphatic rings. The van der Waals surface area contributed by atoms with E-state index in [-0.39, 0.29) is 22.7 Å². The minimum absolute atomic E-state index is 0.138. The highest BCUT2D eigenvalue weighted by Crippen LogP contribution is 2.26. The lowest BCUT2D eigenvalue weighted by Gasteiger charge is -2.31. The number of hydrogen-bond acceptors (Lipinski definition) is 6. The fourth-order valence-electron chi connectivity index (χ4n) is 2.24. The maximum Gasteiger partial charge on any atom is 0.356 e. The summed E-state index contributed by atoms with van der Waals surface area (Å²) in [6, 6.07) is -0.257. The van der Waals surface area contributed by atoms with Crippen LogP contribution in [0.4, 0.5) is 0 Å². The predicted molar refractivity (Wildman–Crippen MR) is 74.7 cm³/mol. The lowest BCUT2D eigenvalue weighted by Crippen LogP contribution is -2.49. The lowest BCUT2D eigenvalue weighted by molar-refractivity contribution is -0.119. The van der Waals surface area contributed by atoms with Crippen molar-refractivity contribution in [3.8, 4) is 0 Å². The number of carboxylic acid groups (broad SMARTS) is 1. The van der Waals surface area contributed by atoms with Crippen LogP contribution in [0.1, 0.15) is 30.3 Å². The molecule has 0 radical (unpaired) electrons. The molecule has 21 heavy (non-hydrogen) atoms. The number of nitrogens with one attached hydrogen (secondary N) is 1. The normalized spacial score (nSPS) is 20.1. The van der Waals surface area contributed by atoms with Crippen molar-refractivity contribution in [2.24, 2.45) is 0 Å². The third-order valence-corrected chi connectivity index (χ3v) is 6.32. The van der Waals surface area contributed by atoms with E-state index in [0.717, 1.165) is 11.3 Å². The molecule has 2 heterocycles. The van der Waals surface area contributed by atoms with Crippen LogP contribution in [-0.4, -0.2) is 53.8 Å². The van der Waals surface area contributed by atoms with Crippen molar-refractivity contribution in [1.29, 1.82) is 0 Å². The molecule has 1 unspecified atom stereocenters. The number of thiazole rings is 1. The Morgan fingerprint density at radius 3 is 2.86 bits per heavy atom. The van der Waals surface area contributed by atoms with Gasteiger partial charge in [0.2, 0.25) is 5.91 Å². The van der Waals surface area contributed by atoms with E-state index in [1.54, 1.807) is 0 Å². The van der Waals surface area contributed by atoms with E-state index in [1.165, 1.54) is 16.7 Å². The number of hydrogen-bond donors (Lipinski definition) is 2. The van der Waals surface area contributed by atoms with Gasteiger partial charge in [0.05, 0.1) is 5.51 Å². The quantitative estimate of drug-likeness (QED) is 0.809. The number of piperidine rings is 1. The highest BCUT2D eigenvalue weighted by atomic mass is 32.2. The van der Waals surface area contributed by atoms with Gasteiger partial charge < -0.3 is 10.4 Å². The number of carbonyl (C=O) groups is 2. The third kappa shape index (κ3) is 3.39. The fraction of sp³-hybridized carbons (Fsp3) is 0.545. The van der Waals surface area contributed by atoms with Gasteiger partial charge in [0, 0.05) is 26.1 Å². The molecule has 0 aliphatic carbocycles. The van der Waals surface area contributed by atoms with Crippen LogP contribution in [0.2, 0.25) is 0 Å². The first-order valence-electron chi connectivity index (χ1n) is 6.26. The van der Waals surface area contributed by atoms with Crippen molar-refractivity contribution in [3.63, 3.8) is 0 Å². The van der Waals surface area contributed by atoms with Gasteiger partial charge in [-0.2, -0.15) is 4.31 Å². The second-order valence-corrected chi connectivity index (χ2v) is 7.68. The molecule has 1 saturated heterocycles. The first-order valence-corrected chi connectivity index (χ1v) is 8.58. The molecule has 1 fully saturated rings. The molecule has 0 saturated carbocycles. The maximum atomic E-state index is 12.5. The average Bonchev–Trinajstić information content (AvgIpc) is 2.88. The van der Waals surface area contributed by atoms with E-state index in [0.29, 0.717) is 19.4 Å². The van der Waals surface area contributed by atoms with E-state index in [4.69, 9.17) is 5.11 Å². The van der Waals surface area contributed by atoms with Gasteiger partial charge in [-0.15, -0.1) is 11.3 Å². The van der Waals surface area contributed by atoms with Gasteiger partial charge >= 0.3 is 5.97 Å². The maximum absolute atomic E-state index is 12.5. The summed E-state index contributed by atoms with van der Waals surface area (Å²) in [5.74, 6) is -1.59. The summed E-state index contributed by atoms with van der Waals surface area (Å²) in [6.45, 7) is 1.81. The van der Waals surface area contributed by atoms with Gasteiger partial charge in [0.25, 0.3) is 10.0 Å². The van der Waals surface area contributed by atoms with Crippen LogP contribution in [0.15, 0.2) is 9.72 Å². The van der Waals surface area contributed by atoms with E-state index >= 15 is 0 Å². The molecule has 0 bridgehead atoms. The van der Waals surface area contributed by atoms with Crippen LogP contribution < -0.4 is 5.32 Å². The molecule has 1 aromatic heterocycles. The number of aromatic carboxylic acids is 1. The van der Waals surface area contributed by atoms with Crippen molar-refractivity contribution >= 4 is 33.2 Å². The number of aromatic nitrogens is 1. The number of carboxylic acids is 1. The number of amides is 1. The number of nitrogens with zero attached hydrogens (tertiary/aromatic N) is 2. The molecule has 2 rings (SSSR count). The average molecular weight is 333 g/mol. The van der Waals surface area contributed by atoms with Crippen LogP contribution in [0.3, 0.4) is 0 Å². The molecule has 0 spiro atoms.